The fourth-order valence-corrected chi connectivity index (χ4v) is 1.23. The van der Waals surface area contributed by atoms with Crippen molar-refractivity contribution >= 4 is 0 Å². The molecule has 0 saturated heterocycles. The molecule has 1 fully saturated rings. The molecule has 0 amide bonds. The molecular weight excluding hydrogens is 118 g/mol. The number of nitrogens with zero attached hydrogens (tertiary/aromatic N) is 1. The summed E-state index contributed by atoms with van der Waals surface area (Å²) in [6, 6.07) is 0. The van der Waals surface area contributed by atoms with Crippen molar-refractivity contribution in [1.82, 2.24) is 0 Å². The molecular formula is C6H11NO2. The highest BCUT2D eigenvalue weighted by atomic mass is 16.7. The fraction of sp³-hybridized carbons (Fsp3) is 1.00. The van der Waals surface area contributed by atoms with Crippen molar-refractivity contribution in [1.29, 1.82) is 0 Å². The maximum absolute atomic E-state index is 9.60. The van der Waals surface area contributed by atoms with E-state index in [1.165, 1.54) is 19.3 Å². The van der Waals surface area contributed by atoms with Gasteiger partial charge >= 0.3 is 0 Å². The van der Waals surface area contributed by atoms with Crippen LogP contribution in [0.15, 0.2) is 5.34 Å². The summed E-state index contributed by atoms with van der Waals surface area (Å²) in [5.41, 5.74) is 0. The van der Waals surface area contributed by atoms with Gasteiger partial charge in [0.2, 0.25) is 0 Å². The third-order valence-electron chi connectivity index (χ3n) is 1.74. The van der Waals surface area contributed by atoms with Crippen molar-refractivity contribution in [3.8, 4) is 0 Å². The molecule has 3 heteroatoms. The zero-order valence-corrected chi connectivity index (χ0v) is 5.38. The molecule has 0 aromatic rings. The van der Waals surface area contributed by atoms with E-state index < -0.39 is 0 Å². The summed E-state index contributed by atoms with van der Waals surface area (Å²) in [5, 5.41) is 2.41. The van der Waals surface area contributed by atoms with Crippen LogP contribution in [-0.2, 0) is 4.84 Å². The van der Waals surface area contributed by atoms with E-state index >= 15 is 0 Å². The molecule has 52 valence electrons. The minimum atomic E-state index is 0.122. The smallest absolute Gasteiger partial charge is 0.155 e. The van der Waals surface area contributed by atoms with Crippen LogP contribution in [0.5, 0.6) is 0 Å². The van der Waals surface area contributed by atoms with Gasteiger partial charge in [-0.25, -0.2) is 0 Å². The summed E-state index contributed by atoms with van der Waals surface area (Å²) in [6.07, 6.45) is 5.77. The van der Waals surface area contributed by atoms with Crippen LogP contribution < -0.4 is 0 Å². The Hall–Kier alpha value is -0.600. The van der Waals surface area contributed by atoms with Gasteiger partial charge in [0.1, 0.15) is 6.10 Å². The Kier molecular flexibility index (Phi) is 2.48. The lowest BCUT2D eigenvalue weighted by Gasteiger charge is -2.16. The predicted octanol–water partition coefficient (Wildman–Crippen LogP) is 2.02. The first-order valence-corrected chi connectivity index (χ1v) is 3.42. The van der Waals surface area contributed by atoms with Crippen LogP contribution in [0.4, 0.5) is 0 Å². The summed E-state index contributed by atoms with van der Waals surface area (Å²) >= 11 is 0. The van der Waals surface area contributed by atoms with Crippen molar-refractivity contribution in [2.24, 2.45) is 5.34 Å². The van der Waals surface area contributed by atoms with Crippen LogP contribution in [0, 0.1) is 4.91 Å². The summed E-state index contributed by atoms with van der Waals surface area (Å²) in [4.78, 5) is 14.2. The fourth-order valence-electron chi connectivity index (χ4n) is 1.23. The Morgan fingerprint density at radius 2 is 1.89 bits per heavy atom. The first-order valence-electron chi connectivity index (χ1n) is 3.42. The molecule has 1 aliphatic rings. The molecule has 3 nitrogen and oxygen atoms in total. The SMILES string of the molecule is O=NOC1CCCCC1. The average Bonchev–Trinajstić information content (AvgIpc) is 1.91. The Balaban J connectivity index is 2.15. The van der Waals surface area contributed by atoms with Gasteiger partial charge in [0, 0.05) is 0 Å². The quantitative estimate of drug-likeness (QED) is 0.422. The summed E-state index contributed by atoms with van der Waals surface area (Å²) in [7, 11) is 0. The van der Waals surface area contributed by atoms with Gasteiger partial charge in [0.15, 0.2) is 5.34 Å². The van der Waals surface area contributed by atoms with Crippen LogP contribution in [0.3, 0.4) is 0 Å². The number of rotatable bonds is 2. The summed E-state index contributed by atoms with van der Waals surface area (Å²) in [5.74, 6) is 0. The molecule has 0 bridgehead atoms. The van der Waals surface area contributed by atoms with Crippen molar-refractivity contribution in [3.63, 3.8) is 0 Å². The van der Waals surface area contributed by atoms with Gasteiger partial charge in [-0.1, -0.05) is 6.42 Å². The molecule has 0 spiro atoms. The lowest BCUT2D eigenvalue weighted by atomic mass is 9.98. The lowest BCUT2D eigenvalue weighted by Crippen LogP contribution is -2.13. The zero-order chi connectivity index (χ0) is 6.53. The minimum absolute atomic E-state index is 0.122. The first kappa shape index (κ1) is 6.52. The normalized spacial score (nSPS) is 21.3. The largest absolute Gasteiger partial charge is 0.361 e. The standard InChI is InChI=1S/C6H11NO2/c8-7-9-6-4-2-1-3-5-6/h6H,1-5H2. The molecule has 0 aromatic heterocycles. The highest BCUT2D eigenvalue weighted by Gasteiger charge is 2.13. The lowest BCUT2D eigenvalue weighted by molar-refractivity contribution is 0.0297. The second-order valence-electron chi connectivity index (χ2n) is 2.44. The van der Waals surface area contributed by atoms with Crippen LogP contribution in [0.1, 0.15) is 32.1 Å². The first-order chi connectivity index (χ1) is 4.43. The minimum Gasteiger partial charge on any atom is -0.361 e. The van der Waals surface area contributed by atoms with Crippen LogP contribution in [-0.4, -0.2) is 6.10 Å². The van der Waals surface area contributed by atoms with E-state index in [1.54, 1.807) is 0 Å². The van der Waals surface area contributed by atoms with E-state index in [4.69, 9.17) is 0 Å². The van der Waals surface area contributed by atoms with Gasteiger partial charge < -0.3 is 4.84 Å². The highest BCUT2D eigenvalue weighted by molar-refractivity contribution is 4.63. The van der Waals surface area contributed by atoms with Crippen molar-refractivity contribution in [2.45, 2.75) is 38.2 Å². The molecule has 0 N–H and O–H groups in total. The highest BCUT2D eigenvalue weighted by Crippen LogP contribution is 2.19. The third kappa shape index (κ3) is 2.00. The van der Waals surface area contributed by atoms with Crippen LogP contribution in [0.25, 0.3) is 0 Å². The number of hydrogen-bond donors (Lipinski definition) is 0. The van der Waals surface area contributed by atoms with Gasteiger partial charge in [-0.15, -0.1) is 4.91 Å². The van der Waals surface area contributed by atoms with E-state index in [0.717, 1.165) is 12.8 Å². The Labute approximate surface area is 54.3 Å². The summed E-state index contributed by atoms with van der Waals surface area (Å²) in [6.45, 7) is 0. The Morgan fingerprint density at radius 3 is 2.44 bits per heavy atom. The van der Waals surface area contributed by atoms with Gasteiger partial charge in [-0.3, -0.25) is 0 Å². The zero-order valence-electron chi connectivity index (χ0n) is 5.38. The van der Waals surface area contributed by atoms with Crippen LogP contribution >= 0.6 is 0 Å². The molecule has 1 aliphatic carbocycles. The van der Waals surface area contributed by atoms with E-state index in [9.17, 15) is 4.91 Å². The molecule has 1 rings (SSSR count). The average molecular weight is 129 g/mol. The molecule has 0 aromatic carbocycles. The molecule has 9 heavy (non-hydrogen) atoms. The molecule has 0 radical (unpaired) electrons. The van der Waals surface area contributed by atoms with Gasteiger partial charge in [-0.05, 0) is 25.7 Å². The maximum atomic E-state index is 9.60. The topological polar surface area (TPSA) is 38.7 Å². The van der Waals surface area contributed by atoms with Gasteiger partial charge in [-0.2, -0.15) is 0 Å². The van der Waals surface area contributed by atoms with Crippen molar-refractivity contribution in [3.05, 3.63) is 4.91 Å². The monoisotopic (exact) mass is 129 g/mol. The van der Waals surface area contributed by atoms with E-state index in [1.807, 2.05) is 0 Å². The molecule has 1 saturated carbocycles. The number of hydrogen-bond acceptors (Lipinski definition) is 3. The predicted molar refractivity (Wildman–Crippen MR) is 33.8 cm³/mol. The summed E-state index contributed by atoms with van der Waals surface area (Å²) < 4.78 is 0. The second kappa shape index (κ2) is 3.43. The van der Waals surface area contributed by atoms with Crippen molar-refractivity contribution < 1.29 is 4.84 Å². The molecule has 0 unspecified atom stereocenters. The second-order valence-corrected chi connectivity index (χ2v) is 2.44. The van der Waals surface area contributed by atoms with Crippen LogP contribution in [0.2, 0.25) is 0 Å². The third-order valence-corrected chi connectivity index (χ3v) is 1.74. The van der Waals surface area contributed by atoms with Gasteiger partial charge in [0.25, 0.3) is 0 Å². The van der Waals surface area contributed by atoms with E-state index in [0.29, 0.717) is 0 Å². The van der Waals surface area contributed by atoms with Gasteiger partial charge in [0.05, 0.1) is 0 Å². The molecule has 0 aliphatic heterocycles. The molecule has 0 atom stereocenters. The molecule has 0 heterocycles. The van der Waals surface area contributed by atoms with Crippen molar-refractivity contribution in [2.75, 3.05) is 0 Å². The maximum Gasteiger partial charge on any atom is 0.155 e. The van der Waals surface area contributed by atoms with E-state index in [-0.39, 0.29) is 6.10 Å². The van der Waals surface area contributed by atoms with E-state index in [2.05, 4.69) is 10.2 Å². The Morgan fingerprint density at radius 1 is 1.22 bits per heavy atom. The Bertz CT molecular complexity index is 89.1.